The summed E-state index contributed by atoms with van der Waals surface area (Å²) in [5.41, 5.74) is 8.88. The maximum atomic E-state index is 13.7. The Bertz CT molecular complexity index is 1200. The van der Waals surface area contributed by atoms with Gasteiger partial charge in [-0.05, 0) is 66.9 Å². The second-order valence-electron chi connectivity index (χ2n) is 10.6. The second-order valence-corrected chi connectivity index (χ2v) is 11.0. The van der Waals surface area contributed by atoms with E-state index in [4.69, 9.17) is 25.8 Å². The second kappa shape index (κ2) is 13.8. The summed E-state index contributed by atoms with van der Waals surface area (Å²) in [5, 5.41) is 16.0. The molecule has 10 heteroatoms. The fourth-order valence-corrected chi connectivity index (χ4v) is 5.77. The Morgan fingerprint density at radius 2 is 1.88 bits per heavy atom. The van der Waals surface area contributed by atoms with Crippen LogP contribution in [0.3, 0.4) is 0 Å². The van der Waals surface area contributed by atoms with Crippen molar-refractivity contribution in [3.63, 3.8) is 0 Å². The van der Waals surface area contributed by atoms with Crippen molar-refractivity contribution in [2.75, 3.05) is 19.6 Å². The van der Waals surface area contributed by atoms with Crippen LogP contribution >= 0.6 is 12.2 Å². The minimum absolute atomic E-state index is 0.153. The summed E-state index contributed by atoms with van der Waals surface area (Å²) >= 11 is 5.91. The molecule has 8 nitrogen and oxygen atoms in total. The van der Waals surface area contributed by atoms with Crippen LogP contribution < -0.4 is 16.4 Å². The number of phenolic OH excluding ortho intramolecular Hbond substituents is 1. The summed E-state index contributed by atoms with van der Waals surface area (Å²) in [6, 6.07) is 4.69. The number of nitrogens with two attached hydrogens (primary N) is 1. The normalized spacial score (nSPS) is 25.4. The van der Waals surface area contributed by atoms with Crippen LogP contribution in [0.4, 0.5) is 0 Å². The van der Waals surface area contributed by atoms with E-state index >= 15 is 0 Å². The first-order valence-electron chi connectivity index (χ1n) is 13.9. The largest absolute Gasteiger partial charge is 0.508 e. The SMILES string of the molecule is [B][C@@H]1CCCN1C(=S)[C@H](C/C1=C/NC/C=C\C=C/C1=C)NC(=O)[C@@H]1CCCN1C(=O)[C@@H](N)Cc1ccc(O)cc1. The Morgan fingerprint density at radius 3 is 2.60 bits per heavy atom. The van der Waals surface area contributed by atoms with E-state index < -0.39 is 18.1 Å². The Morgan fingerprint density at radius 1 is 1.15 bits per heavy atom. The van der Waals surface area contributed by atoms with Gasteiger partial charge in [0.25, 0.3) is 0 Å². The molecule has 0 aliphatic carbocycles. The van der Waals surface area contributed by atoms with Gasteiger partial charge in [0, 0.05) is 32.3 Å². The molecule has 2 amide bonds. The van der Waals surface area contributed by atoms with Gasteiger partial charge in [0.15, 0.2) is 0 Å². The van der Waals surface area contributed by atoms with E-state index in [0.717, 1.165) is 36.1 Å². The maximum absolute atomic E-state index is 13.7. The number of thiocarbonyl (C=S) groups is 1. The van der Waals surface area contributed by atoms with Crippen molar-refractivity contribution in [1.82, 2.24) is 20.4 Å². The number of hydrogen-bond donors (Lipinski definition) is 4. The third kappa shape index (κ3) is 7.43. The minimum atomic E-state index is -0.795. The lowest BCUT2D eigenvalue weighted by atomic mass is 9.93. The lowest BCUT2D eigenvalue weighted by Crippen LogP contribution is -2.56. The fourth-order valence-electron chi connectivity index (χ4n) is 5.40. The third-order valence-corrected chi connectivity index (χ3v) is 8.16. The van der Waals surface area contributed by atoms with Gasteiger partial charge in [-0.1, -0.05) is 55.2 Å². The van der Waals surface area contributed by atoms with Gasteiger partial charge in [0.2, 0.25) is 11.8 Å². The Balaban J connectivity index is 1.49. The van der Waals surface area contributed by atoms with E-state index in [9.17, 15) is 14.7 Å². The number of hydrogen-bond acceptors (Lipinski definition) is 6. The van der Waals surface area contributed by atoms with Crippen molar-refractivity contribution in [3.8, 4) is 5.75 Å². The molecule has 0 aromatic heterocycles. The molecule has 2 fully saturated rings. The monoisotopic (exact) mass is 559 g/mol. The topological polar surface area (TPSA) is 111 Å². The van der Waals surface area contributed by atoms with Crippen LogP contribution in [0.15, 0.2) is 72.5 Å². The van der Waals surface area contributed by atoms with Gasteiger partial charge in [-0.25, -0.2) is 0 Å². The predicted octanol–water partition coefficient (Wildman–Crippen LogP) is 2.20. The zero-order chi connectivity index (χ0) is 28.6. The lowest BCUT2D eigenvalue weighted by Gasteiger charge is -2.33. The molecule has 0 unspecified atom stereocenters. The number of carbonyl (C=O) groups is 2. The molecule has 1 aromatic rings. The summed E-state index contributed by atoms with van der Waals surface area (Å²) < 4.78 is 0. The first kappa shape index (κ1) is 29.6. The molecule has 210 valence electrons. The average molecular weight is 560 g/mol. The van der Waals surface area contributed by atoms with Crippen LogP contribution in [0, 0.1) is 0 Å². The molecule has 0 saturated carbocycles. The zero-order valence-corrected chi connectivity index (χ0v) is 23.6. The van der Waals surface area contributed by atoms with E-state index in [-0.39, 0.29) is 23.5 Å². The number of aromatic hydroxyl groups is 1. The van der Waals surface area contributed by atoms with Gasteiger partial charge < -0.3 is 31.3 Å². The van der Waals surface area contributed by atoms with Gasteiger partial charge in [-0.3, -0.25) is 9.59 Å². The van der Waals surface area contributed by atoms with Gasteiger partial charge >= 0.3 is 0 Å². The van der Waals surface area contributed by atoms with Crippen molar-refractivity contribution < 1.29 is 14.7 Å². The molecule has 40 heavy (non-hydrogen) atoms. The van der Waals surface area contributed by atoms with Crippen LogP contribution in [0.5, 0.6) is 5.75 Å². The van der Waals surface area contributed by atoms with E-state index in [1.165, 1.54) is 0 Å². The van der Waals surface area contributed by atoms with E-state index in [1.807, 2.05) is 35.4 Å². The van der Waals surface area contributed by atoms with Crippen LogP contribution in [-0.2, 0) is 16.0 Å². The highest BCUT2D eigenvalue weighted by Gasteiger charge is 2.38. The molecule has 0 bridgehead atoms. The van der Waals surface area contributed by atoms with E-state index in [2.05, 4.69) is 17.2 Å². The zero-order valence-electron chi connectivity index (χ0n) is 22.8. The molecule has 0 spiro atoms. The number of nitrogens with zero attached hydrogens (tertiary/aromatic N) is 2. The first-order chi connectivity index (χ1) is 19.2. The molecule has 2 saturated heterocycles. The Hall–Kier alpha value is -3.37. The smallest absolute Gasteiger partial charge is 0.243 e. The van der Waals surface area contributed by atoms with Crippen LogP contribution in [0.25, 0.3) is 0 Å². The Labute approximate surface area is 243 Å². The van der Waals surface area contributed by atoms with Crippen molar-refractivity contribution in [1.29, 1.82) is 0 Å². The minimum Gasteiger partial charge on any atom is -0.508 e. The predicted molar refractivity (Wildman–Crippen MR) is 163 cm³/mol. The number of allylic oxidation sites excluding steroid dienone is 4. The number of amides is 2. The molecule has 5 N–H and O–H groups in total. The molecule has 3 aliphatic rings. The summed E-state index contributed by atoms with van der Waals surface area (Å²) in [6.45, 7) is 6.09. The quantitative estimate of drug-likeness (QED) is 0.286. The first-order valence-corrected chi connectivity index (χ1v) is 14.3. The molecular formula is C30H38BN5O3S. The average Bonchev–Trinajstić information content (AvgIpc) is 3.61. The Kier molecular flexibility index (Phi) is 10.2. The summed E-state index contributed by atoms with van der Waals surface area (Å²) in [4.78, 5) is 31.3. The third-order valence-electron chi connectivity index (χ3n) is 7.64. The molecule has 3 aliphatic heterocycles. The van der Waals surface area contributed by atoms with Crippen LogP contribution in [0.2, 0.25) is 0 Å². The van der Waals surface area contributed by atoms with Crippen LogP contribution in [-0.4, -0.2) is 83.3 Å². The highest BCUT2D eigenvalue weighted by Crippen LogP contribution is 2.24. The lowest BCUT2D eigenvalue weighted by molar-refractivity contribution is -0.139. The summed E-state index contributed by atoms with van der Waals surface area (Å²) in [7, 11) is 6.35. The molecule has 2 radical (unpaired) electrons. The van der Waals surface area contributed by atoms with Crippen molar-refractivity contribution in [3.05, 3.63) is 78.1 Å². The molecule has 4 rings (SSSR count). The molecule has 4 atom stereocenters. The van der Waals surface area contributed by atoms with Crippen LogP contribution in [0.1, 0.15) is 37.7 Å². The van der Waals surface area contributed by atoms with E-state index in [1.54, 1.807) is 29.2 Å². The maximum Gasteiger partial charge on any atom is 0.243 e. The van der Waals surface area contributed by atoms with Gasteiger partial charge in [0.1, 0.15) is 16.8 Å². The molecule has 3 heterocycles. The number of carbonyl (C=O) groups excluding carboxylic acids is 2. The summed E-state index contributed by atoms with van der Waals surface area (Å²) in [6.07, 6.45) is 13.6. The number of rotatable bonds is 8. The number of benzene rings is 1. The van der Waals surface area contributed by atoms with Crippen molar-refractivity contribution >= 4 is 36.9 Å². The molecule has 1 aromatic carbocycles. The van der Waals surface area contributed by atoms with Gasteiger partial charge in [0.05, 0.1) is 19.9 Å². The number of phenols is 1. The van der Waals surface area contributed by atoms with Gasteiger partial charge in [-0.2, -0.15) is 0 Å². The standard InChI is InChI=1S/C30H38BN5O3S/c1-20-7-3-2-4-14-33-19-22(20)18-25(30(40)36-16-6-9-27(36)31)34-28(38)26-8-5-15-35(26)29(39)24(32)17-21-10-12-23(37)13-11-21/h2-4,7,10-13,19,24-27,33,37H,1,5-6,8-9,14-18,32H2,(H,34,38)/b4-2-,7-3-,22-19-/t24-,25-,26-,27-/m0/s1. The van der Waals surface area contributed by atoms with Crippen molar-refractivity contribution in [2.24, 2.45) is 5.73 Å². The number of nitrogens with one attached hydrogen (secondary N) is 2. The van der Waals surface area contributed by atoms with Crippen molar-refractivity contribution in [2.45, 2.75) is 62.6 Å². The summed E-state index contributed by atoms with van der Waals surface area (Å²) in [5.74, 6) is -0.544. The van der Waals surface area contributed by atoms with Gasteiger partial charge in [-0.15, -0.1) is 0 Å². The highest BCUT2D eigenvalue weighted by atomic mass is 32.1. The fraction of sp³-hybridized carbons (Fsp3) is 0.433. The van der Waals surface area contributed by atoms with E-state index in [0.29, 0.717) is 43.8 Å². The number of likely N-dealkylation sites (tertiary alicyclic amines) is 2. The molecular weight excluding hydrogens is 521 g/mol. The highest BCUT2D eigenvalue weighted by molar-refractivity contribution is 7.80.